The maximum atomic E-state index is 12.5. The van der Waals surface area contributed by atoms with E-state index in [4.69, 9.17) is 0 Å². The van der Waals surface area contributed by atoms with Crippen molar-refractivity contribution in [1.82, 2.24) is 4.90 Å². The molecule has 0 aromatic rings. The maximum Gasteiger partial charge on any atom is 0.226 e. The van der Waals surface area contributed by atoms with Crippen LogP contribution in [0.25, 0.3) is 0 Å². The van der Waals surface area contributed by atoms with Crippen LogP contribution in [-0.4, -0.2) is 29.2 Å². The highest BCUT2D eigenvalue weighted by Gasteiger charge is 2.68. The Morgan fingerprint density at radius 3 is 2.06 bits per heavy atom. The number of carbonyl (C=O) groups is 1. The van der Waals surface area contributed by atoms with Crippen LogP contribution in [0.2, 0.25) is 0 Å². The molecule has 0 unspecified atom stereocenters. The highest BCUT2D eigenvalue weighted by Crippen LogP contribution is 2.68. The summed E-state index contributed by atoms with van der Waals surface area (Å²) < 4.78 is 0. The predicted octanol–water partition coefficient (Wildman–Crippen LogP) is 3.69. The first kappa shape index (κ1) is 15.0. The van der Waals surface area contributed by atoms with Gasteiger partial charge in [0.2, 0.25) is 5.91 Å². The van der Waals surface area contributed by atoms with E-state index in [9.17, 15) is 4.79 Å². The largest absolute Gasteiger partial charge is 0.342 e. The van der Waals surface area contributed by atoms with E-state index >= 15 is 0 Å². The van der Waals surface area contributed by atoms with Crippen molar-refractivity contribution < 1.29 is 4.79 Å². The normalized spacial score (nSPS) is 21.3. The van der Waals surface area contributed by atoms with Crippen molar-refractivity contribution in [2.24, 2.45) is 16.7 Å². The Labute approximate surface area is 114 Å². The summed E-state index contributed by atoms with van der Waals surface area (Å²) in [6, 6.07) is 0. The molecule has 0 atom stereocenters. The summed E-state index contributed by atoms with van der Waals surface area (Å²) in [7, 11) is 0. The third-order valence-corrected chi connectivity index (χ3v) is 5.07. The first-order chi connectivity index (χ1) is 7.80. The Kier molecular flexibility index (Phi) is 4.67. The van der Waals surface area contributed by atoms with Gasteiger partial charge in [-0.3, -0.25) is 4.79 Å². The second-order valence-corrected chi connectivity index (χ2v) is 7.04. The maximum absolute atomic E-state index is 12.5. The molecule has 1 rings (SSSR count). The molecule has 1 aliphatic rings. The van der Waals surface area contributed by atoms with Gasteiger partial charge in [0, 0.05) is 24.3 Å². The molecule has 0 heterocycles. The van der Waals surface area contributed by atoms with Gasteiger partial charge in [0.25, 0.3) is 0 Å². The van der Waals surface area contributed by atoms with Crippen molar-refractivity contribution in [1.29, 1.82) is 0 Å². The van der Waals surface area contributed by atoms with Gasteiger partial charge in [-0.1, -0.05) is 57.0 Å². The molecule has 1 amide bonds. The molecule has 17 heavy (non-hydrogen) atoms. The fourth-order valence-corrected chi connectivity index (χ4v) is 3.21. The minimum absolute atomic E-state index is 0.154. The Hall–Kier alpha value is -0.0500. The molecule has 0 aliphatic heterocycles. The molecule has 1 saturated carbocycles. The lowest BCUT2D eigenvalue weighted by Gasteiger charge is -2.22. The lowest BCUT2D eigenvalue weighted by atomic mass is 10.0. The minimum atomic E-state index is 0.154. The molecular formula is C14H26BrNO. The van der Waals surface area contributed by atoms with Gasteiger partial charge in [-0.25, -0.2) is 0 Å². The van der Waals surface area contributed by atoms with Gasteiger partial charge in [0.15, 0.2) is 0 Å². The Morgan fingerprint density at radius 1 is 1.18 bits per heavy atom. The zero-order chi connectivity index (χ0) is 13.3. The molecule has 0 N–H and O–H groups in total. The molecule has 0 radical (unpaired) electrons. The van der Waals surface area contributed by atoms with Gasteiger partial charge in [0.1, 0.15) is 0 Å². The van der Waals surface area contributed by atoms with Crippen molar-refractivity contribution in [2.75, 3.05) is 18.4 Å². The summed E-state index contributed by atoms with van der Waals surface area (Å²) in [4.78, 5) is 14.6. The minimum Gasteiger partial charge on any atom is -0.342 e. The van der Waals surface area contributed by atoms with Crippen molar-refractivity contribution in [3.05, 3.63) is 0 Å². The first-order valence-corrected chi connectivity index (χ1v) is 7.77. The van der Waals surface area contributed by atoms with Crippen LogP contribution in [0, 0.1) is 16.7 Å². The van der Waals surface area contributed by atoms with E-state index in [0.717, 1.165) is 31.3 Å². The van der Waals surface area contributed by atoms with E-state index in [-0.39, 0.29) is 16.7 Å². The van der Waals surface area contributed by atoms with E-state index in [2.05, 4.69) is 50.5 Å². The average molecular weight is 304 g/mol. The lowest BCUT2D eigenvalue weighted by Crippen LogP contribution is -2.36. The zero-order valence-electron chi connectivity index (χ0n) is 11.8. The van der Waals surface area contributed by atoms with Crippen molar-refractivity contribution in [2.45, 2.75) is 47.5 Å². The second kappa shape index (κ2) is 5.29. The number of hydrogen-bond donors (Lipinski definition) is 0. The van der Waals surface area contributed by atoms with Gasteiger partial charge in [0.05, 0.1) is 0 Å². The quantitative estimate of drug-likeness (QED) is 0.685. The summed E-state index contributed by atoms with van der Waals surface area (Å²) in [5.74, 6) is 0.554. The van der Waals surface area contributed by atoms with E-state index in [1.807, 2.05) is 4.90 Å². The van der Waals surface area contributed by atoms with Crippen LogP contribution in [0.15, 0.2) is 0 Å². The molecule has 1 aliphatic carbocycles. The van der Waals surface area contributed by atoms with Gasteiger partial charge in [-0.05, 0) is 17.3 Å². The summed E-state index contributed by atoms with van der Waals surface area (Å²) >= 11 is 3.44. The van der Waals surface area contributed by atoms with Gasteiger partial charge < -0.3 is 4.90 Å². The SMILES string of the molecule is CCCCN(CCBr)C(=O)C1C(C)(C)C1(C)C. The molecule has 0 bridgehead atoms. The van der Waals surface area contributed by atoms with E-state index in [1.165, 1.54) is 0 Å². The van der Waals surface area contributed by atoms with Gasteiger partial charge in [-0.2, -0.15) is 0 Å². The standard InChI is InChI=1S/C14H26BrNO/c1-6-7-9-16(10-8-15)12(17)11-13(2,3)14(11,4)5/h11H,6-10H2,1-5H3. The smallest absolute Gasteiger partial charge is 0.226 e. The van der Waals surface area contributed by atoms with Crippen LogP contribution in [0.1, 0.15) is 47.5 Å². The summed E-state index contributed by atoms with van der Waals surface area (Å²) in [5, 5.41) is 0.871. The summed E-state index contributed by atoms with van der Waals surface area (Å²) in [6.45, 7) is 12.7. The number of carbonyl (C=O) groups excluding carboxylic acids is 1. The molecule has 0 saturated heterocycles. The van der Waals surface area contributed by atoms with Crippen LogP contribution in [0.3, 0.4) is 0 Å². The number of alkyl halides is 1. The van der Waals surface area contributed by atoms with Crippen LogP contribution in [-0.2, 0) is 4.79 Å². The lowest BCUT2D eigenvalue weighted by molar-refractivity contribution is -0.133. The predicted molar refractivity (Wildman–Crippen MR) is 76.3 cm³/mol. The van der Waals surface area contributed by atoms with Crippen LogP contribution < -0.4 is 0 Å². The molecule has 1 fully saturated rings. The second-order valence-electron chi connectivity index (χ2n) is 6.24. The summed E-state index contributed by atoms with van der Waals surface area (Å²) in [5.41, 5.74) is 0.307. The molecular weight excluding hydrogens is 278 g/mol. The number of hydrogen-bond acceptors (Lipinski definition) is 1. The molecule has 100 valence electrons. The highest BCUT2D eigenvalue weighted by atomic mass is 79.9. The van der Waals surface area contributed by atoms with Gasteiger partial charge >= 0.3 is 0 Å². The van der Waals surface area contributed by atoms with E-state index in [0.29, 0.717) is 5.91 Å². The molecule has 0 spiro atoms. The van der Waals surface area contributed by atoms with Crippen LogP contribution >= 0.6 is 15.9 Å². The molecule has 3 heteroatoms. The number of nitrogens with zero attached hydrogens (tertiary/aromatic N) is 1. The third-order valence-electron chi connectivity index (χ3n) is 4.72. The number of amides is 1. The highest BCUT2D eigenvalue weighted by molar-refractivity contribution is 9.09. The monoisotopic (exact) mass is 303 g/mol. The van der Waals surface area contributed by atoms with Crippen LogP contribution in [0.4, 0.5) is 0 Å². The van der Waals surface area contributed by atoms with Gasteiger partial charge in [-0.15, -0.1) is 0 Å². The fraction of sp³-hybridized carbons (Fsp3) is 0.929. The van der Waals surface area contributed by atoms with E-state index < -0.39 is 0 Å². The zero-order valence-corrected chi connectivity index (χ0v) is 13.4. The summed E-state index contributed by atoms with van der Waals surface area (Å²) in [6.07, 6.45) is 2.25. The first-order valence-electron chi connectivity index (χ1n) is 6.65. The number of rotatable bonds is 6. The Morgan fingerprint density at radius 2 is 1.71 bits per heavy atom. The van der Waals surface area contributed by atoms with Crippen molar-refractivity contribution >= 4 is 21.8 Å². The molecule has 0 aromatic heterocycles. The van der Waals surface area contributed by atoms with Crippen molar-refractivity contribution in [3.63, 3.8) is 0 Å². The topological polar surface area (TPSA) is 20.3 Å². The molecule has 0 aromatic carbocycles. The van der Waals surface area contributed by atoms with Crippen molar-refractivity contribution in [3.8, 4) is 0 Å². The van der Waals surface area contributed by atoms with E-state index in [1.54, 1.807) is 0 Å². The Bertz CT molecular complexity index is 272. The fourth-order valence-electron chi connectivity index (χ4n) is 2.78. The average Bonchev–Trinajstić information content (AvgIpc) is 2.63. The number of unbranched alkanes of at least 4 members (excludes halogenated alkanes) is 1. The third kappa shape index (κ3) is 2.69. The number of halogens is 1. The van der Waals surface area contributed by atoms with Crippen LogP contribution in [0.5, 0.6) is 0 Å². The molecule has 2 nitrogen and oxygen atoms in total. The Balaban J connectivity index is 2.67.